The first kappa shape index (κ1) is 19.1. The second-order valence-electron chi connectivity index (χ2n) is 5.05. The van der Waals surface area contributed by atoms with E-state index in [0.717, 1.165) is 17.8 Å². The van der Waals surface area contributed by atoms with Gasteiger partial charge in [-0.15, -0.1) is 13.2 Å². The van der Waals surface area contributed by atoms with Crippen LogP contribution in [0.2, 0.25) is 0 Å². The molecule has 0 bridgehead atoms. The fourth-order valence-electron chi connectivity index (χ4n) is 2.93. The van der Waals surface area contributed by atoms with E-state index in [1.807, 2.05) is 13.8 Å². The third-order valence-electron chi connectivity index (χ3n) is 3.92. The van der Waals surface area contributed by atoms with Gasteiger partial charge in [-0.25, -0.2) is 0 Å². The molecule has 0 nitrogen and oxygen atoms in total. The average molecular weight is 240 g/mol. The van der Waals surface area contributed by atoms with E-state index in [2.05, 4.69) is 33.9 Å². The maximum absolute atomic E-state index is 3.00. The molecule has 0 saturated heterocycles. The fraction of sp³-hybridized carbons (Fsp3) is 0.882. The summed E-state index contributed by atoms with van der Waals surface area (Å²) < 4.78 is 0. The van der Waals surface area contributed by atoms with Crippen molar-refractivity contribution in [2.75, 3.05) is 0 Å². The molecule has 0 amide bonds. The van der Waals surface area contributed by atoms with E-state index in [-0.39, 0.29) is 0 Å². The topological polar surface area (TPSA) is 0 Å². The Morgan fingerprint density at radius 3 is 2.12 bits per heavy atom. The van der Waals surface area contributed by atoms with E-state index in [1.165, 1.54) is 44.9 Å². The van der Waals surface area contributed by atoms with Crippen LogP contribution in [0.1, 0.15) is 79.6 Å². The minimum atomic E-state index is 0.982. The molecular weight excluding hydrogens is 204 g/mol. The van der Waals surface area contributed by atoms with Gasteiger partial charge in [-0.2, -0.15) is 0 Å². The van der Waals surface area contributed by atoms with Crippen molar-refractivity contribution >= 4 is 0 Å². The molecule has 3 unspecified atom stereocenters. The number of hydrogen-bond donors (Lipinski definition) is 0. The summed E-state index contributed by atoms with van der Waals surface area (Å²) in [5.41, 5.74) is 0. The summed E-state index contributed by atoms with van der Waals surface area (Å²) in [7, 11) is 0. The van der Waals surface area contributed by atoms with Crippen molar-refractivity contribution < 1.29 is 0 Å². The zero-order chi connectivity index (χ0) is 13.7. The van der Waals surface area contributed by atoms with Crippen molar-refractivity contribution in [3.05, 3.63) is 13.2 Å². The van der Waals surface area contributed by atoms with E-state index in [9.17, 15) is 0 Å². The molecule has 0 heteroatoms. The van der Waals surface area contributed by atoms with Gasteiger partial charge in [-0.3, -0.25) is 0 Å². The highest BCUT2D eigenvalue weighted by Crippen LogP contribution is 2.36. The van der Waals surface area contributed by atoms with E-state index in [1.54, 1.807) is 0 Å². The number of unbranched alkanes of at least 4 members (excludes halogenated alkanes) is 1. The van der Waals surface area contributed by atoms with Gasteiger partial charge >= 0.3 is 0 Å². The van der Waals surface area contributed by atoms with Crippen LogP contribution in [0, 0.1) is 17.8 Å². The minimum absolute atomic E-state index is 0.982. The maximum Gasteiger partial charge on any atom is -0.0363 e. The van der Waals surface area contributed by atoms with Crippen LogP contribution in [0.4, 0.5) is 0 Å². The van der Waals surface area contributed by atoms with Gasteiger partial charge in [0.2, 0.25) is 0 Å². The molecule has 1 aliphatic rings. The van der Waals surface area contributed by atoms with Gasteiger partial charge in [-0.05, 0) is 24.2 Å². The van der Waals surface area contributed by atoms with Gasteiger partial charge in [-0.1, -0.05) is 73.1 Å². The van der Waals surface area contributed by atoms with Crippen molar-refractivity contribution in [3.8, 4) is 0 Å². The third kappa shape index (κ3) is 8.46. The smallest absolute Gasteiger partial charge is 0.0363 e. The summed E-state index contributed by atoms with van der Waals surface area (Å²) in [4.78, 5) is 0. The SMILES string of the molecule is C=C.CC.CCCCC(C)C1CCCCC1C. The van der Waals surface area contributed by atoms with Gasteiger partial charge in [0.25, 0.3) is 0 Å². The summed E-state index contributed by atoms with van der Waals surface area (Å²) in [5.74, 6) is 3.02. The lowest BCUT2D eigenvalue weighted by molar-refractivity contribution is 0.175. The Bertz CT molecular complexity index is 139. The molecule has 0 aromatic heterocycles. The first-order chi connectivity index (χ1) is 8.25. The van der Waals surface area contributed by atoms with E-state index < -0.39 is 0 Å². The van der Waals surface area contributed by atoms with Crippen LogP contribution in [-0.2, 0) is 0 Å². The number of hydrogen-bond acceptors (Lipinski definition) is 0. The molecule has 1 rings (SSSR count). The summed E-state index contributed by atoms with van der Waals surface area (Å²) >= 11 is 0. The summed E-state index contributed by atoms with van der Waals surface area (Å²) in [6.45, 7) is 17.2. The van der Waals surface area contributed by atoms with Crippen LogP contribution in [-0.4, -0.2) is 0 Å². The second kappa shape index (κ2) is 13.8. The van der Waals surface area contributed by atoms with Crippen molar-refractivity contribution in [1.82, 2.24) is 0 Å². The van der Waals surface area contributed by atoms with E-state index in [0.29, 0.717) is 0 Å². The molecule has 0 N–H and O–H groups in total. The van der Waals surface area contributed by atoms with Gasteiger partial charge in [0.1, 0.15) is 0 Å². The van der Waals surface area contributed by atoms with E-state index in [4.69, 9.17) is 0 Å². The van der Waals surface area contributed by atoms with Crippen molar-refractivity contribution in [2.45, 2.75) is 79.6 Å². The highest BCUT2D eigenvalue weighted by Gasteiger charge is 2.25. The Labute approximate surface area is 111 Å². The normalized spacial score (nSPS) is 24.8. The van der Waals surface area contributed by atoms with Gasteiger partial charge in [0, 0.05) is 0 Å². The highest BCUT2D eigenvalue weighted by molar-refractivity contribution is 4.76. The predicted molar refractivity (Wildman–Crippen MR) is 82.4 cm³/mol. The van der Waals surface area contributed by atoms with Crippen molar-refractivity contribution in [2.24, 2.45) is 17.8 Å². The quantitative estimate of drug-likeness (QED) is 0.494. The molecule has 0 aromatic carbocycles. The summed E-state index contributed by atoms with van der Waals surface area (Å²) in [5, 5.41) is 0. The molecule has 104 valence electrons. The van der Waals surface area contributed by atoms with Crippen molar-refractivity contribution in [1.29, 1.82) is 0 Å². The van der Waals surface area contributed by atoms with Gasteiger partial charge in [0.05, 0.1) is 0 Å². The zero-order valence-corrected chi connectivity index (χ0v) is 13.1. The molecule has 1 saturated carbocycles. The van der Waals surface area contributed by atoms with E-state index >= 15 is 0 Å². The zero-order valence-electron chi connectivity index (χ0n) is 13.1. The Kier molecular flexibility index (Phi) is 15.5. The Balaban J connectivity index is 0. The lowest BCUT2D eigenvalue weighted by Gasteiger charge is -2.33. The highest BCUT2D eigenvalue weighted by atomic mass is 14.3. The lowest BCUT2D eigenvalue weighted by atomic mass is 9.72. The molecule has 0 aliphatic heterocycles. The standard InChI is InChI=1S/C13H26.C2H6.C2H4/c1-4-5-8-11(2)13-10-7-6-9-12(13)3;2*1-2/h11-13H,4-10H2,1-3H3;1-2H3;1-2H2. The monoisotopic (exact) mass is 240 g/mol. The van der Waals surface area contributed by atoms with Crippen LogP contribution in [0.3, 0.4) is 0 Å². The fourth-order valence-corrected chi connectivity index (χ4v) is 2.93. The first-order valence-corrected chi connectivity index (χ1v) is 7.75. The Hall–Kier alpha value is -0.260. The molecule has 0 radical (unpaired) electrons. The average Bonchev–Trinajstić information content (AvgIpc) is 2.41. The summed E-state index contributed by atoms with van der Waals surface area (Å²) in [6.07, 6.45) is 10.2. The Morgan fingerprint density at radius 1 is 1.12 bits per heavy atom. The van der Waals surface area contributed by atoms with Gasteiger partial charge in [0.15, 0.2) is 0 Å². The van der Waals surface area contributed by atoms with Crippen LogP contribution >= 0.6 is 0 Å². The summed E-state index contributed by atoms with van der Waals surface area (Å²) in [6, 6.07) is 0. The first-order valence-electron chi connectivity index (χ1n) is 7.75. The lowest BCUT2D eigenvalue weighted by Crippen LogP contribution is -2.23. The Morgan fingerprint density at radius 2 is 1.65 bits per heavy atom. The molecular formula is C17H36. The van der Waals surface area contributed by atoms with Crippen LogP contribution in [0.25, 0.3) is 0 Å². The number of rotatable bonds is 4. The molecule has 17 heavy (non-hydrogen) atoms. The van der Waals surface area contributed by atoms with Crippen LogP contribution < -0.4 is 0 Å². The third-order valence-corrected chi connectivity index (χ3v) is 3.92. The van der Waals surface area contributed by atoms with Crippen molar-refractivity contribution in [3.63, 3.8) is 0 Å². The molecule has 3 atom stereocenters. The molecule has 1 aliphatic carbocycles. The molecule has 0 aromatic rings. The van der Waals surface area contributed by atoms with Gasteiger partial charge < -0.3 is 0 Å². The largest absolute Gasteiger partial charge is 0.106 e. The predicted octanol–water partition coefficient (Wildman–Crippen LogP) is 6.47. The van der Waals surface area contributed by atoms with Crippen LogP contribution in [0.15, 0.2) is 13.2 Å². The molecule has 1 fully saturated rings. The second-order valence-corrected chi connectivity index (χ2v) is 5.05. The molecule has 0 spiro atoms. The molecule has 0 heterocycles. The maximum atomic E-state index is 3.00. The van der Waals surface area contributed by atoms with Crippen LogP contribution in [0.5, 0.6) is 0 Å². The minimum Gasteiger partial charge on any atom is -0.106 e.